The lowest BCUT2D eigenvalue weighted by Gasteiger charge is -2.26. The van der Waals surface area contributed by atoms with Gasteiger partial charge in [0.05, 0.1) is 12.6 Å². The van der Waals surface area contributed by atoms with Gasteiger partial charge in [-0.1, -0.05) is 12.1 Å². The molecule has 1 atom stereocenters. The Kier molecular flexibility index (Phi) is 7.30. The van der Waals surface area contributed by atoms with E-state index < -0.39 is 0 Å². The molecule has 140 valence electrons. The summed E-state index contributed by atoms with van der Waals surface area (Å²) in [7, 11) is 1.63. The highest BCUT2D eigenvalue weighted by molar-refractivity contribution is 5.94. The van der Waals surface area contributed by atoms with Crippen molar-refractivity contribution in [2.45, 2.75) is 25.3 Å². The Bertz CT molecular complexity index is 752. The summed E-state index contributed by atoms with van der Waals surface area (Å²) in [6.45, 7) is 0.970. The van der Waals surface area contributed by atoms with Crippen molar-refractivity contribution in [3.8, 4) is 5.75 Å². The zero-order valence-electron chi connectivity index (χ0n) is 14.9. The number of methoxy groups -OCH3 is 1. The molecule has 2 aromatic rings. The monoisotopic (exact) mass is 376 g/mol. The molecule has 0 bridgehead atoms. The van der Waals surface area contributed by atoms with Gasteiger partial charge in [-0.2, -0.15) is 0 Å². The van der Waals surface area contributed by atoms with Gasteiger partial charge in [0.25, 0.3) is 5.91 Å². The van der Waals surface area contributed by atoms with E-state index in [-0.39, 0.29) is 24.4 Å². The zero-order valence-corrected chi connectivity index (χ0v) is 15.7. The van der Waals surface area contributed by atoms with Gasteiger partial charge in [-0.05, 0) is 60.7 Å². The first-order valence-corrected chi connectivity index (χ1v) is 8.58. The summed E-state index contributed by atoms with van der Waals surface area (Å²) in [5.74, 6) is 0.577. The van der Waals surface area contributed by atoms with E-state index in [2.05, 4.69) is 5.32 Å². The van der Waals surface area contributed by atoms with Crippen molar-refractivity contribution in [3.05, 3.63) is 59.2 Å². The Hall–Kier alpha value is -2.24. The summed E-state index contributed by atoms with van der Waals surface area (Å²) < 4.78 is 10.5. The van der Waals surface area contributed by atoms with Crippen LogP contribution in [0.1, 0.15) is 40.4 Å². The second-order valence-electron chi connectivity index (χ2n) is 6.25. The zero-order chi connectivity index (χ0) is 17.6. The highest BCUT2D eigenvalue weighted by Gasteiger charge is 2.22. The van der Waals surface area contributed by atoms with Crippen LogP contribution in [0.5, 0.6) is 5.75 Å². The number of amides is 1. The molecule has 0 spiro atoms. The number of hydrogen-bond donors (Lipinski definition) is 2. The number of benzene rings is 2. The first-order chi connectivity index (χ1) is 12.2. The number of anilines is 1. The van der Waals surface area contributed by atoms with Crippen LogP contribution in [0.15, 0.2) is 42.5 Å². The van der Waals surface area contributed by atoms with Gasteiger partial charge in [-0.3, -0.25) is 4.79 Å². The fourth-order valence-corrected chi connectivity index (χ4v) is 3.20. The van der Waals surface area contributed by atoms with E-state index >= 15 is 0 Å². The molecule has 1 amide bonds. The SMILES string of the molecule is COCCOc1cccc(C(=O)NC2CCCc3cc(N)ccc32)c1.Cl. The van der Waals surface area contributed by atoms with Gasteiger partial charge in [0.1, 0.15) is 12.4 Å². The van der Waals surface area contributed by atoms with Crippen LogP contribution in [0.2, 0.25) is 0 Å². The van der Waals surface area contributed by atoms with Gasteiger partial charge >= 0.3 is 0 Å². The second kappa shape index (κ2) is 9.46. The van der Waals surface area contributed by atoms with Crippen LogP contribution in [0, 0.1) is 0 Å². The molecule has 0 saturated carbocycles. The molecule has 0 radical (unpaired) electrons. The Labute approximate surface area is 160 Å². The molecule has 0 aliphatic heterocycles. The summed E-state index contributed by atoms with van der Waals surface area (Å²) in [4.78, 5) is 12.7. The lowest BCUT2D eigenvalue weighted by molar-refractivity contribution is 0.0932. The molecular formula is C20H25ClN2O3. The summed E-state index contributed by atoms with van der Waals surface area (Å²) in [6.07, 6.45) is 2.99. The van der Waals surface area contributed by atoms with Gasteiger partial charge in [-0.25, -0.2) is 0 Å². The number of halogens is 1. The Balaban J connectivity index is 0.00000243. The molecule has 2 aromatic carbocycles. The maximum atomic E-state index is 12.7. The first kappa shape index (κ1) is 20.1. The number of carbonyl (C=O) groups is 1. The lowest BCUT2D eigenvalue weighted by Crippen LogP contribution is -2.31. The fourth-order valence-electron chi connectivity index (χ4n) is 3.20. The Morgan fingerprint density at radius 2 is 2.08 bits per heavy atom. The van der Waals surface area contributed by atoms with Crippen LogP contribution < -0.4 is 15.8 Å². The molecule has 5 nitrogen and oxygen atoms in total. The van der Waals surface area contributed by atoms with E-state index in [1.165, 1.54) is 11.1 Å². The highest BCUT2D eigenvalue weighted by atomic mass is 35.5. The van der Waals surface area contributed by atoms with Crippen LogP contribution in [0.4, 0.5) is 5.69 Å². The fraction of sp³-hybridized carbons (Fsp3) is 0.350. The van der Waals surface area contributed by atoms with Crippen molar-refractivity contribution in [2.75, 3.05) is 26.1 Å². The molecule has 0 heterocycles. The summed E-state index contributed by atoms with van der Waals surface area (Å²) in [5.41, 5.74) is 9.64. The molecule has 1 aliphatic rings. The number of hydrogen-bond acceptors (Lipinski definition) is 4. The van der Waals surface area contributed by atoms with Crippen LogP contribution in [0.25, 0.3) is 0 Å². The first-order valence-electron chi connectivity index (χ1n) is 8.58. The molecule has 0 fully saturated rings. The van der Waals surface area contributed by atoms with Crippen LogP contribution in [0.3, 0.4) is 0 Å². The number of fused-ring (bicyclic) bond motifs is 1. The third-order valence-electron chi connectivity index (χ3n) is 4.44. The van der Waals surface area contributed by atoms with Crippen molar-refractivity contribution in [3.63, 3.8) is 0 Å². The van der Waals surface area contributed by atoms with E-state index in [1.807, 2.05) is 30.3 Å². The third-order valence-corrected chi connectivity index (χ3v) is 4.44. The average Bonchev–Trinajstić information content (AvgIpc) is 2.62. The topological polar surface area (TPSA) is 73.6 Å². The Morgan fingerprint density at radius 3 is 2.88 bits per heavy atom. The number of nitrogens with one attached hydrogen (secondary N) is 1. The van der Waals surface area contributed by atoms with Gasteiger partial charge in [0.15, 0.2) is 0 Å². The predicted octanol–water partition coefficient (Wildman–Crippen LogP) is 3.52. The van der Waals surface area contributed by atoms with E-state index in [1.54, 1.807) is 19.2 Å². The number of nitrogen functional groups attached to an aromatic ring is 1. The Morgan fingerprint density at radius 1 is 1.23 bits per heavy atom. The minimum atomic E-state index is -0.0909. The molecule has 3 rings (SSSR count). The van der Waals surface area contributed by atoms with Crippen molar-refractivity contribution in [1.29, 1.82) is 0 Å². The van der Waals surface area contributed by atoms with Gasteiger partial charge in [-0.15, -0.1) is 12.4 Å². The lowest BCUT2D eigenvalue weighted by atomic mass is 9.87. The smallest absolute Gasteiger partial charge is 0.251 e. The summed E-state index contributed by atoms with van der Waals surface area (Å²) in [5, 5.41) is 3.15. The molecule has 26 heavy (non-hydrogen) atoms. The normalized spacial score (nSPS) is 15.5. The quantitative estimate of drug-likeness (QED) is 0.597. The largest absolute Gasteiger partial charge is 0.491 e. The molecular weight excluding hydrogens is 352 g/mol. The number of rotatable bonds is 6. The van der Waals surface area contributed by atoms with E-state index in [0.717, 1.165) is 24.9 Å². The average molecular weight is 377 g/mol. The summed E-state index contributed by atoms with van der Waals surface area (Å²) in [6, 6.07) is 13.2. The second-order valence-corrected chi connectivity index (χ2v) is 6.25. The summed E-state index contributed by atoms with van der Waals surface area (Å²) >= 11 is 0. The van der Waals surface area contributed by atoms with Crippen LogP contribution in [-0.4, -0.2) is 26.2 Å². The highest BCUT2D eigenvalue weighted by Crippen LogP contribution is 2.31. The minimum absolute atomic E-state index is 0. The molecule has 0 saturated heterocycles. The molecule has 1 aliphatic carbocycles. The third kappa shape index (κ3) is 4.90. The van der Waals surface area contributed by atoms with E-state index in [4.69, 9.17) is 15.2 Å². The number of aryl methyl sites for hydroxylation is 1. The number of nitrogens with two attached hydrogens (primary N) is 1. The van der Waals surface area contributed by atoms with Crippen LogP contribution >= 0.6 is 12.4 Å². The standard InChI is InChI=1S/C20H24N2O3.ClH/c1-24-10-11-25-17-6-2-5-15(13-17)20(23)22-19-7-3-4-14-12-16(21)8-9-18(14)19;/h2,5-6,8-9,12-13,19H,3-4,7,10-11,21H2,1H3,(H,22,23);1H. The molecule has 1 unspecified atom stereocenters. The van der Waals surface area contributed by atoms with Gasteiger partial charge in [0, 0.05) is 18.4 Å². The number of ether oxygens (including phenoxy) is 2. The van der Waals surface area contributed by atoms with E-state index in [0.29, 0.717) is 24.5 Å². The molecule has 3 N–H and O–H groups in total. The minimum Gasteiger partial charge on any atom is -0.491 e. The maximum absolute atomic E-state index is 12.7. The maximum Gasteiger partial charge on any atom is 0.251 e. The van der Waals surface area contributed by atoms with Crippen molar-refractivity contribution < 1.29 is 14.3 Å². The van der Waals surface area contributed by atoms with Crippen molar-refractivity contribution in [1.82, 2.24) is 5.32 Å². The predicted molar refractivity (Wildman–Crippen MR) is 105 cm³/mol. The van der Waals surface area contributed by atoms with Crippen molar-refractivity contribution >= 4 is 24.0 Å². The van der Waals surface area contributed by atoms with Crippen LogP contribution in [-0.2, 0) is 11.2 Å². The van der Waals surface area contributed by atoms with E-state index in [9.17, 15) is 4.79 Å². The molecule has 0 aromatic heterocycles. The van der Waals surface area contributed by atoms with Gasteiger partial charge in [0.2, 0.25) is 0 Å². The number of carbonyl (C=O) groups excluding carboxylic acids is 1. The molecule has 6 heteroatoms. The van der Waals surface area contributed by atoms with Gasteiger partial charge < -0.3 is 20.5 Å². The van der Waals surface area contributed by atoms with Crippen molar-refractivity contribution in [2.24, 2.45) is 0 Å².